The zero-order chi connectivity index (χ0) is 14.0. The molecule has 1 aromatic heterocycles. The minimum absolute atomic E-state index is 0.0517. The van der Waals surface area contributed by atoms with Gasteiger partial charge in [-0.15, -0.1) is 0 Å². The third-order valence-corrected chi connectivity index (χ3v) is 3.22. The summed E-state index contributed by atoms with van der Waals surface area (Å²) in [5.41, 5.74) is 3.52. The molecule has 1 fully saturated rings. The predicted octanol–water partition coefficient (Wildman–Crippen LogP) is 1.06. The molecule has 0 spiro atoms. The summed E-state index contributed by atoms with van der Waals surface area (Å²) in [6.45, 7) is 8.80. The van der Waals surface area contributed by atoms with E-state index in [-0.39, 0.29) is 11.5 Å². The van der Waals surface area contributed by atoms with E-state index in [0.29, 0.717) is 18.2 Å². The van der Waals surface area contributed by atoms with Crippen molar-refractivity contribution in [2.45, 2.75) is 32.3 Å². The van der Waals surface area contributed by atoms with Crippen LogP contribution in [0.3, 0.4) is 0 Å². The molecule has 3 N–H and O–H groups in total. The number of anilines is 1. The van der Waals surface area contributed by atoms with E-state index in [9.17, 15) is 0 Å². The Hall–Kier alpha value is -1.24. The molecule has 1 atom stereocenters. The van der Waals surface area contributed by atoms with E-state index >= 15 is 0 Å². The lowest BCUT2D eigenvalue weighted by Gasteiger charge is -2.30. The van der Waals surface area contributed by atoms with Crippen molar-refractivity contribution in [2.24, 2.45) is 5.84 Å². The lowest BCUT2D eigenvalue weighted by atomic mass is 9.92. The average molecular weight is 265 g/mol. The standard InChI is InChI=1S/C13H23N5O/c1-13(2,3)10-7-11(17-14)16-12(15-10)9-8-18(4)5-6-19-9/h7,9H,5-6,8,14H2,1-4H3,(H,15,16,17). The normalized spacial score (nSPS) is 21.4. The summed E-state index contributed by atoms with van der Waals surface area (Å²) in [7, 11) is 2.07. The molecule has 6 nitrogen and oxygen atoms in total. The quantitative estimate of drug-likeness (QED) is 0.615. The van der Waals surface area contributed by atoms with Crippen LogP contribution in [0.15, 0.2) is 6.07 Å². The van der Waals surface area contributed by atoms with Crippen molar-refractivity contribution >= 4 is 5.82 Å². The molecular formula is C13H23N5O. The number of aromatic nitrogens is 2. The van der Waals surface area contributed by atoms with Crippen LogP contribution in [0.5, 0.6) is 0 Å². The highest BCUT2D eigenvalue weighted by Gasteiger charge is 2.25. The Morgan fingerprint density at radius 2 is 2.16 bits per heavy atom. The van der Waals surface area contributed by atoms with Gasteiger partial charge in [0.2, 0.25) is 0 Å². The van der Waals surface area contributed by atoms with Gasteiger partial charge >= 0.3 is 0 Å². The molecule has 6 heteroatoms. The fraction of sp³-hybridized carbons (Fsp3) is 0.692. The Bertz CT molecular complexity index is 443. The molecule has 1 unspecified atom stereocenters. The van der Waals surface area contributed by atoms with E-state index in [4.69, 9.17) is 10.6 Å². The Kier molecular flexibility index (Phi) is 4.03. The van der Waals surface area contributed by atoms with Crippen LogP contribution in [0, 0.1) is 0 Å². The maximum absolute atomic E-state index is 5.77. The number of nitrogens with one attached hydrogen (secondary N) is 1. The van der Waals surface area contributed by atoms with Gasteiger partial charge in [0.25, 0.3) is 0 Å². The van der Waals surface area contributed by atoms with Crippen LogP contribution in [0.2, 0.25) is 0 Å². The first kappa shape index (κ1) is 14.2. The highest BCUT2D eigenvalue weighted by atomic mass is 16.5. The SMILES string of the molecule is CN1CCOC(c2nc(NN)cc(C(C)(C)C)n2)C1. The lowest BCUT2D eigenvalue weighted by Crippen LogP contribution is -2.36. The Balaban J connectivity index is 2.34. The summed E-state index contributed by atoms with van der Waals surface area (Å²) >= 11 is 0. The van der Waals surface area contributed by atoms with Crippen molar-refractivity contribution in [3.05, 3.63) is 17.6 Å². The van der Waals surface area contributed by atoms with E-state index in [0.717, 1.165) is 18.8 Å². The molecular weight excluding hydrogens is 242 g/mol. The van der Waals surface area contributed by atoms with Gasteiger partial charge in [0.1, 0.15) is 11.9 Å². The minimum Gasteiger partial charge on any atom is -0.368 e. The number of morpholine rings is 1. The Labute approximate surface area is 114 Å². The van der Waals surface area contributed by atoms with Crippen LogP contribution in [-0.2, 0) is 10.2 Å². The van der Waals surface area contributed by atoms with Crippen LogP contribution < -0.4 is 11.3 Å². The highest BCUT2D eigenvalue weighted by Crippen LogP contribution is 2.25. The minimum atomic E-state index is -0.0897. The van der Waals surface area contributed by atoms with Crippen molar-refractivity contribution in [1.82, 2.24) is 14.9 Å². The maximum Gasteiger partial charge on any atom is 0.161 e. The first-order valence-electron chi connectivity index (χ1n) is 6.56. The third kappa shape index (κ3) is 3.40. The zero-order valence-corrected chi connectivity index (χ0v) is 12.1. The largest absolute Gasteiger partial charge is 0.368 e. The number of nitrogens with two attached hydrogens (primary N) is 1. The second kappa shape index (κ2) is 5.40. The molecule has 1 aromatic rings. The summed E-state index contributed by atoms with van der Waals surface area (Å²) in [6.07, 6.45) is -0.0897. The van der Waals surface area contributed by atoms with Gasteiger partial charge in [-0.05, 0) is 7.05 Å². The highest BCUT2D eigenvalue weighted by molar-refractivity contribution is 5.37. The van der Waals surface area contributed by atoms with E-state index in [1.165, 1.54) is 0 Å². The molecule has 0 radical (unpaired) electrons. The van der Waals surface area contributed by atoms with E-state index < -0.39 is 0 Å². The average Bonchev–Trinajstić information content (AvgIpc) is 2.37. The molecule has 19 heavy (non-hydrogen) atoms. The van der Waals surface area contributed by atoms with Gasteiger partial charge in [0.05, 0.1) is 12.3 Å². The van der Waals surface area contributed by atoms with Crippen molar-refractivity contribution in [1.29, 1.82) is 0 Å². The molecule has 0 aliphatic carbocycles. The number of ether oxygens (including phenoxy) is 1. The summed E-state index contributed by atoms with van der Waals surface area (Å²) in [6, 6.07) is 1.88. The third-order valence-electron chi connectivity index (χ3n) is 3.22. The Morgan fingerprint density at radius 3 is 2.74 bits per heavy atom. The van der Waals surface area contributed by atoms with E-state index in [1.54, 1.807) is 0 Å². The maximum atomic E-state index is 5.77. The second-order valence-electron chi connectivity index (χ2n) is 6.01. The van der Waals surface area contributed by atoms with Gasteiger partial charge in [-0.1, -0.05) is 20.8 Å². The second-order valence-corrected chi connectivity index (χ2v) is 6.01. The molecule has 0 bridgehead atoms. The molecule has 1 aliphatic heterocycles. The lowest BCUT2D eigenvalue weighted by molar-refractivity contribution is -0.0255. The fourth-order valence-electron chi connectivity index (χ4n) is 2.00. The fourth-order valence-corrected chi connectivity index (χ4v) is 2.00. The number of likely N-dealkylation sites (N-methyl/N-ethyl adjacent to an activating group) is 1. The molecule has 106 valence electrons. The van der Waals surface area contributed by atoms with Gasteiger partial charge in [-0.2, -0.15) is 0 Å². The van der Waals surface area contributed by atoms with Crippen molar-refractivity contribution in [2.75, 3.05) is 32.2 Å². The molecule has 0 amide bonds. The zero-order valence-electron chi connectivity index (χ0n) is 12.1. The number of hydrazine groups is 1. The molecule has 0 aromatic carbocycles. The number of nitrogen functional groups attached to an aromatic ring is 1. The number of hydrogen-bond acceptors (Lipinski definition) is 6. The van der Waals surface area contributed by atoms with Gasteiger partial charge in [0.15, 0.2) is 5.82 Å². The van der Waals surface area contributed by atoms with Crippen LogP contribution >= 0.6 is 0 Å². The summed E-state index contributed by atoms with van der Waals surface area (Å²) < 4.78 is 5.77. The molecule has 1 saturated heterocycles. The van der Waals surface area contributed by atoms with Gasteiger partial charge < -0.3 is 15.1 Å². The van der Waals surface area contributed by atoms with Gasteiger partial charge in [0, 0.05) is 24.6 Å². The van der Waals surface area contributed by atoms with Crippen LogP contribution in [0.1, 0.15) is 38.4 Å². The van der Waals surface area contributed by atoms with Crippen LogP contribution in [-0.4, -0.2) is 41.6 Å². The smallest absolute Gasteiger partial charge is 0.161 e. The first-order valence-corrected chi connectivity index (χ1v) is 6.56. The first-order chi connectivity index (χ1) is 8.90. The Morgan fingerprint density at radius 1 is 1.42 bits per heavy atom. The molecule has 2 rings (SSSR count). The van der Waals surface area contributed by atoms with E-state index in [1.807, 2.05) is 6.07 Å². The number of rotatable bonds is 2. The van der Waals surface area contributed by atoms with Crippen molar-refractivity contribution in [3.63, 3.8) is 0 Å². The summed E-state index contributed by atoms with van der Waals surface area (Å²) in [5, 5.41) is 0. The van der Waals surface area contributed by atoms with E-state index in [2.05, 4.69) is 48.1 Å². The number of hydrogen-bond donors (Lipinski definition) is 2. The molecule has 0 saturated carbocycles. The monoisotopic (exact) mass is 265 g/mol. The topological polar surface area (TPSA) is 76.3 Å². The van der Waals surface area contributed by atoms with Gasteiger partial charge in [-0.3, -0.25) is 0 Å². The van der Waals surface area contributed by atoms with Crippen LogP contribution in [0.4, 0.5) is 5.82 Å². The molecule has 2 heterocycles. The predicted molar refractivity (Wildman–Crippen MR) is 74.7 cm³/mol. The number of nitrogens with zero attached hydrogens (tertiary/aromatic N) is 3. The van der Waals surface area contributed by atoms with Crippen LogP contribution in [0.25, 0.3) is 0 Å². The van der Waals surface area contributed by atoms with Gasteiger partial charge in [-0.25, -0.2) is 15.8 Å². The summed E-state index contributed by atoms with van der Waals surface area (Å²) in [5.74, 6) is 6.83. The molecule has 1 aliphatic rings. The summed E-state index contributed by atoms with van der Waals surface area (Å²) in [4.78, 5) is 11.3. The van der Waals surface area contributed by atoms with Crippen molar-refractivity contribution in [3.8, 4) is 0 Å². The van der Waals surface area contributed by atoms with Crippen molar-refractivity contribution < 1.29 is 4.74 Å².